The summed E-state index contributed by atoms with van der Waals surface area (Å²) in [6.07, 6.45) is 6.63. The lowest BCUT2D eigenvalue weighted by molar-refractivity contribution is 0.782. The van der Waals surface area contributed by atoms with Gasteiger partial charge in [-0.05, 0) is 19.3 Å². The summed E-state index contributed by atoms with van der Waals surface area (Å²) in [5, 5.41) is 9.95. The molecule has 0 aromatic carbocycles. The van der Waals surface area contributed by atoms with Gasteiger partial charge in [-0.15, -0.1) is 0 Å². The molecule has 0 bridgehead atoms. The van der Waals surface area contributed by atoms with Crippen molar-refractivity contribution >= 4 is 23.6 Å². The highest BCUT2D eigenvalue weighted by Crippen LogP contribution is 2.06. The van der Waals surface area contributed by atoms with E-state index in [1.165, 1.54) is 0 Å². The van der Waals surface area contributed by atoms with Crippen LogP contribution in [0.5, 0.6) is 0 Å². The fourth-order valence-electron chi connectivity index (χ4n) is 2.39. The third-order valence-corrected chi connectivity index (χ3v) is 3.89. The van der Waals surface area contributed by atoms with Crippen molar-refractivity contribution in [2.75, 3.05) is 19.6 Å². The molecule has 24 heavy (non-hydrogen) atoms. The van der Waals surface area contributed by atoms with Crippen LogP contribution in [0.15, 0.2) is 20.0 Å². The highest BCUT2D eigenvalue weighted by molar-refractivity contribution is 6.28. The monoisotopic (exact) mass is 333 g/mol. The molecule has 0 spiro atoms. The molecule has 7 heteroatoms. The molecule has 0 aromatic heterocycles. The smallest absolute Gasteiger partial charge is 0.220 e. The van der Waals surface area contributed by atoms with E-state index in [-0.39, 0.29) is 6.04 Å². The number of hydrogen-bond donors (Lipinski definition) is 3. The van der Waals surface area contributed by atoms with E-state index in [0.717, 1.165) is 75.8 Å². The van der Waals surface area contributed by atoms with Gasteiger partial charge in [0.25, 0.3) is 0 Å². The molecule has 2 rings (SSSR count). The molecular weight excluding hydrogens is 302 g/mol. The normalized spacial score (nSPS) is 24.5. The van der Waals surface area contributed by atoms with E-state index in [4.69, 9.17) is 4.99 Å². The first kappa shape index (κ1) is 18.4. The maximum Gasteiger partial charge on any atom is 0.220 e. The highest BCUT2D eigenvalue weighted by atomic mass is 15.4. The lowest BCUT2D eigenvalue weighted by Crippen LogP contribution is -2.62. The average molecular weight is 333 g/mol. The van der Waals surface area contributed by atoms with E-state index in [1.54, 1.807) is 0 Å². The molecule has 7 nitrogen and oxygen atoms in total. The summed E-state index contributed by atoms with van der Waals surface area (Å²) in [5.74, 6) is 3.16. The summed E-state index contributed by atoms with van der Waals surface area (Å²) in [5.41, 5.74) is 0. The Balaban J connectivity index is 2.10. The zero-order valence-electron chi connectivity index (χ0n) is 15.2. The molecule has 0 amide bonds. The van der Waals surface area contributed by atoms with Gasteiger partial charge in [0, 0.05) is 19.6 Å². The topological polar surface area (TPSA) is 85.5 Å². The number of unbranched alkanes of at least 4 members (excludes halogenated alkanes) is 3. The summed E-state index contributed by atoms with van der Waals surface area (Å²) >= 11 is 0. The number of fused-ring (bicyclic) bond motifs is 1. The Morgan fingerprint density at radius 3 is 2.12 bits per heavy atom. The quantitative estimate of drug-likeness (QED) is 0.565. The minimum atomic E-state index is -0.0626. The molecule has 1 atom stereocenters. The van der Waals surface area contributed by atoms with Crippen molar-refractivity contribution in [2.24, 2.45) is 20.0 Å². The Labute approximate surface area is 145 Å². The first-order chi connectivity index (χ1) is 11.8. The number of amidine groups is 2. The largest absolute Gasteiger partial charge is 0.338 e. The minimum absolute atomic E-state index is 0.0626. The Morgan fingerprint density at radius 1 is 0.833 bits per heavy atom. The molecule has 0 aromatic rings. The van der Waals surface area contributed by atoms with Crippen LogP contribution in [-0.2, 0) is 0 Å². The molecule has 0 radical (unpaired) electrons. The molecule has 2 aliphatic heterocycles. The Bertz CT molecular complexity index is 519. The van der Waals surface area contributed by atoms with Gasteiger partial charge in [-0.2, -0.15) is 4.99 Å². The lowest BCUT2D eigenvalue weighted by atomic mass is 10.2. The van der Waals surface area contributed by atoms with Crippen molar-refractivity contribution in [3.8, 4) is 0 Å². The highest BCUT2D eigenvalue weighted by Gasteiger charge is 2.34. The van der Waals surface area contributed by atoms with Gasteiger partial charge in [0.05, 0.1) is 0 Å². The van der Waals surface area contributed by atoms with Crippen LogP contribution in [-0.4, -0.2) is 49.3 Å². The van der Waals surface area contributed by atoms with Gasteiger partial charge in [0.1, 0.15) is 17.7 Å². The molecule has 1 unspecified atom stereocenters. The van der Waals surface area contributed by atoms with E-state index >= 15 is 0 Å². The second-order valence-corrected chi connectivity index (χ2v) is 6.09. The molecule has 0 saturated carbocycles. The standard InChI is InChI=1S/C17H31N7/c1-4-7-10-18-14-13-15(23-16(21-13)19-11-8-5-2)24-17(22-14)20-12-9-6-3/h13H,4-12H2,1-3H3,(H3,18,19,20,21,22,23,24). The van der Waals surface area contributed by atoms with E-state index in [2.05, 4.69) is 51.7 Å². The van der Waals surface area contributed by atoms with Gasteiger partial charge in [0.2, 0.25) is 11.9 Å². The Morgan fingerprint density at radius 2 is 1.46 bits per heavy atom. The van der Waals surface area contributed by atoms with Crippen LogP contribution < -0.4 is 16.0 Å². The van der Waals surface area contributed by atoms with Crippen molar-refractivity contribution < 1.29 is 0 Å². The van der Waals surface area contributed by atoms with Gasteiger partial charge >= 0.3 is 0 Å². The molecule has 3 N–H and O–H groups in total. The van der Waals surface area contributed by atoms with Gasteiger partial charge in [-0.25, -0.2) is 0 Å². The Kier molecular flexibility index (Phi) is 7.71. The number of rotatable bonds is 9. The molecule has 2 heterocycles. The van der Waals surface area contributed by atoms with E-state index in [0.29, 0.717) is 5.96 Å². The predicted molar refractivity (Wildman–Crippen MR) is 102 cm³/mol. The van der Waals surface area contributed by atoms with Crippen molar-refractivity contribution in [3.05, 3.63) is 0 Å². The van der Waals surface area contributed by atoms with Gasteiger partial charge in [-0.1, -0.05) is 40.0 Å². The number of guanidine groups is 2. The van der Waals surface area contributed by atoms with Crippen LogP contribution in [0.3, 0.4) is 0 Å². The molecule has 1 saturated heterocycles. The van der Waals surface area contributed by atoms with Crippen LogP contribution in [0.25, 0.3) is 0 Å². The van der Waals surface area contributed by atoms with Gasteiger partial charge in [-0.3, -0.25) is 15.0 Å². The maximum absolute atomic E-state index is 4.71. The van der Waals surface area contributed by atoms with E-state index in [9.17, 15) is 0 Å². The fourth-order valence-corrected chi connectivity index (χ4v) is 2.39. The second-order valence-electron chi connectivity index (χ2n) is 6.09. The van der Waals surface area contributed by atoms with Crippen LogP contribution in [0.1, 0.15) is 59.3 Å². The van der Waals surface area contributed by atoms with Crippen molar-refractivity contribution in [3.63, 3.8) is 0 Å². The third kappa shape index (κ3) is 5.32. The lowest BCUT2D eigenvalue weighted by Gasteiger charge is -2.26. The summed E-state index contributed by atoms with van der Waals surface area (Å²) in [4.78, 5) is 18.4. The second kappa shape index (κ2) is 10.1. The minimum Gasteiger partial charge on any atom is -0.338 e. The number of aliphatic imine (C=N–C) groups is 4. The Hall–Kier alpha value is -1.92. The summed E-state index contributed by atoms with van der Waals surface area (Å²) in [6, 6.07) is -0.0626. The summed E-state index contributed by atoms with van der Waals surface area (Å²) < 4.78 is 0. The van der Waals surface area contributed by atoms with Gasteiger partial charge < -0.3 is 16.0 Å². The van der Waals surface area contributed by atoms with Crippen LogP contribution in [0, 0.1) is 0 Å². The average Bonchev–Trinajstić information content (AvgIpc) is 2.98. The number of nitrogens with zero attached hydrogens (tertiary/aromatic N) is 4. The summed E-state index contributed by atoms with van der Waals surface area (Å²) in [7, 11) is 0. The molecular formula is C17H31N7. The fraction of sp³-hybridized carbons (Fsp3) is 0.765. The van der Waals surface area contributed by atoms with E-state index < -0.39 is 0 Å². The summed E-state index contributed by atoms with van der Waals surface area (Å²) in [6.45, 7) is 8.92. The van der Waals surface area contributed by atoms with Crippen molar-refractivity contribution in [2.45, 2.75) is 65.3 Å². The van der Waals surface area contributed by atoms with Crippen LogP contribution >= 0.6 is 0 Å². The van der Waals surface area contributed by atoms with Crippen LogP contribution in [0.2, 0.25) is 0 Å². The molecule has 1 fully saturated rings. The predicted octanol–water partition coefficient (Wildman–Crippen LogP) is 2.06. The zero-order valence-corrected chi connectivity index (χ0v) is 15.2. The number of nitrogens with one attached hydrogen (secondary N) is 3. The van der Waals surface area contributed by atoms with Gasteiger partial charge in [0.15, 0.2) is 0 Å². The zero-order chi connectivity index (χ0) is 17.2. The third-order valence-electron chi connectivity index (χ3n) is 3.89. The first-order valence-corrected chi connectivity index (χ1v) is 9.30. The number of hydrogen-bond acceptors (Lipinski definition) is 3. The van der Waals surface area contributed by atoms with E-state index in [1.807, 2.05) is 0 Å². The van der Waals surface area contributed by atoms with Crippen molar-refractivity contribution in [1.29, 1.82) is 0 Å². The molecule has 2 aliphatic rings. The maximum atomic E-state index is 4.71. The first-order valence-electron chi connectivity index (χ1n) is 9.30. The SMILES string of the molecule is CCCCN=C1N=C2NC(=NCCCC)NC(=NCCCC)C2N1. The van der Waals surface area contributed by atoms with Crippen LogP contribution in [0.4, 0.5) is 0 Å². The molecule has 0 aliphatic carbocycles. The van der Waals surface area contributed by atoms with Crippen molar-refractivity contribution in [1.82, 2.24) is 16.0 Å². The molecule has 134 valence electrons.